The van der Waals surface area contributed by atoms with Crippen LogP contribution >= 0.6 is 11.8 Å². The number of nitrogens with two attached hydrogens (primary N) is 1. The first kappa shape index (κ1) is 30.6. The van der Waals surface area contributed by atoms with Gasteiger partial charge in [0.25, 0.3) is 0 Å². The highest BCUT2D eigenvalue weighted by Gasteiger charge is 2.76. The van der Waals surface area contributed by atoms with Crippen molar-refractivity contribution < 1.29 is 38.5 Å². The molecule has 44 heavy (non-hydrogen) atoms. The third-order valence-corrected chi connectivity index (χ3v) is 11.7. The minimum absolute atomic E-state index is 0.0945. The Balaban J connectivity index is 1.31. The number of ether oxygens (including phenoxy) is 2. The SMILES string of the molecule is C[C@]12C=CC(=O)C=C1CC[C@H]1[C@@H]3CC[C@](OC(=O)c4ccc(Sc5cccc(O)c5)cc4)(C(=O)OCN)[C@@]3(C)C[C@H](O)[C@@]12F. The van der Waals surface area contributed by atoms with Crippen molar-refractivity contribution in [2.75, 3.05) is 6.73 Å². The first-order chi connectivity index (χ1) is 20.9. The Hall–Kier alpha value is -3.47. The molecule has 4 aliphatic rings. The first-order valence-corrected chi connectivity index (χ1v) is 15.7. The molecule has 8 nitrogen and oxygen atoms in total. The molecule has 0 aliphatic heterocycles. The van der Waals surface area contributed by atoms with E-state index in [2.05, 4.69) is 0 Å². The zero-order valence-electron chi connectivity index (χ0n) is 24.6. The van der Waals surface area contributed by atoms with E-state index in [1.54, 1.807) is 62.4 Å². The highest BCUT2D eigenvalue weighted by Crippen LogP contribution is 2.70. The van der Waals surface area contributed by atoms with Crippen molar-refractivity contribution in [2.24, 2.45) is 28.4 Å². The summed E-state index contributed by atoms with van der Waals surface area (Å²) in [5, 5.41) is 21.4. The van der Waals surface area contributed by atoms with E-state index in [0.717, 1.165) is 9.79 Å². The van der Waals surface area contributed by atoms with Gasteiger partial charge in [0.2, 0.25) is 5.60 Å². The molecule has 7 atom stereocenters. The van der Waals surface area contributed by atoms with E-state index in [4.69, 9.17) is 15.2 Å². The van der Waals surface area contributed by atoms with Gasteiger partial charge in [-0.1, -0.05) is 36.4 Å². The maximum absolute atomic E-state index is 17.5. The van der Waals surface area contributed by atoms with Crippen molar-refractivity contribution in [2.45, 2.75) is 73.1 Å². The number of esters is 2. The zero-order chi connectivity index (χ0) is 31.5. The molecule has 2 aromatic carbocycles. The second-order valence-electron chi connectivity index (χ2n) is 12.7. The normalized spacial score (nSPS) is 35.6. The number of allylic oxidation sites excluding steroid dienone is 4. The molecular weight excluding hydrogens is 585 g/mol. The Kier molecular flexibility index (Phi) is 7.54. The predicted molar refractivity (Wildman–Crippen MR) is 160 cm³/mol. The average Bonchev–Trinajstić information content (AvgIpc) is 3.27. The number of aliphatic hydroxyl groups excluding tert-OH is 1. The lowest BCUT2D eigenvalue weighted by Gasteiger charge is -2.62. The topological polar surface area (TPSA) is 136 Å². The Morgan fingerprint density at radius 2 is 1.84 bits per heavy atom. The summed E-state index contributed by atoms with van der Waals surface area (Å²) in [6.07, 6.45) is 4.10. The molecule has 0 aromatic heterocycles. The summed E-state index contributed by atoms with van der Waals surface area (Å²) >= 11 is 1.41. The number of hydrogen-bond acceptors (Lipinski definition) is 9. The smallest absolute Gasteiger partial charge is 0.352 e. The van der Waals surface area contributed by atoms with Crippen LogP contribution in [-0.4, -0.2) is 52.0 Å². The number of carbonyl (C=O) groups excluding carboxylic acids is 3. The molecule has 0 amide bonds. The molecule has 0 bridgehead atoms. The van der Waals surface area contributed by atoms with Crippen LogP contribution in [0.4, 0.5) is 4.39 Å². The largest absolute Gasteiger partial charge is 0.508 e. The van der Waals surface area contributed by atoms with Crippen LogP contribution in [0.5, 0.6) is 5.75 Å². The van der Waals surface area contributed by atoms with E-state index in [9.17, 15) is 24.6 Å². The Morgan fingerprint density at radius 1 is 1.09 bits per heavy atom. The number of rotatable bonds is 6. The number of aliphatic hydroxyl groups is 1. The summed E-state index contributed by atoms with van der Waals surface area (Å²) in [7, 11) is 0. The summed E-state index contributed by atoms with van der Waals surface area (Å²) in [4.78, 5) is 41.1. The molecular formula is C34H36FNO7S. The van der Waals surface area contributed by atoms with Crippen LogP contribution in [0.25, 0.3) is 0 Å². The molecule has 232 valence electrons. The summed E-state index contributed by atoms with van der Waals surface area (Å²) in [5.41, 5.74) is 0.278. The number of phenolic OH excluding ortho intramolecular Hbond substituents is 1. The van der Waals surface area contributed by atoms with Crippen molar-refractivity contribution >= 4 is 29.5 Å². The number of hydrogen-bond donors (Lipinski definition) is 3. The van der Waals surface area contributed by atoms with Crippen LogP contribution in [0.3, 0.4) is 0 Å². The van der Waals surface area contributed by atoms with E-state index < -0.39 is 58.7 Å². The molecule has 3 saturated carbocycles. The van der Waals surface area contributed by atoms with E-state index in [-0.39, 0.29) is 29.9 Å². The number of ketones is 1. The number of phenols is 1. The number of benzene rings is 2. The molecule has 0 radical (unpaired) electrons. The Morgan fingerprint density at radius 3 is 2.55 bits per heavy atom. The van der Waals surface area contributed by atoms with Gasteiger partial charge in [0, 0.05) is 26.5 Å². The highest BCUT2D eigenvalue weighted by atomic mass is 32.2. The molecule has 6 rings (SSSR count). The van der Waals surface area contributed by atoms with Crippen molar-refractivity contribution in [3.8, 4) is 5.75 Å². The fourth-order valence-electron chi connectivity index (χ4n) is 8.49. The lowest BCUT2D eigenvalue weighted by atomic mass is 9.45. The maximum Gasteiger partial charge on any atom is 0.352 e. The quantitative estimate of drug-likeness (QED) is 0.291. The third-order valence-electron chi connectivity index (χ3n) is 10.7. The van der Waals surface area contributed by atoms with Crippen LogP contribution in [0.2, 0.25) is 0 Å². The Labute approximate surface area is 259 Å². The van der Waals surface area contributed by atoms with Gasteiger partial charge in [0.15, 0.2) is 11.5 Å². The Bertz CT molecular complexity index is 1580. The number of fused-ring (bicyclic) bond motifs is 5. The maximum atomic E-state index is 17.5. The van der Waals surface area contributed by atoms with Crippen LogP contribution < -0.4 is 5.73 Å². The standard InChI is InChI=1S/C34H36FNO7S/c1-31-14-12-23(38)16-21(31)8-11-27-26-13-15-33(30(41)42-19-36,32(26,2)18-28(39)34(27,31)35)43-29(40)20-6-9-24(10-7-20)44-25-5-3-4-22(37)17-25/h3-7,9-10,12,14,16-17,26-28,37,39H,8,11,13,15,18-19,36H2,1-2H3/t26-,27-,28-,31-,32-,33-,34-/m0/s1. The fourth-order valence-corrected chi connectivity index (χ4v) is 9.37. The van der Waals surface area contributed by atoms with Crippen molar-refractivity contribution in [3.63, 3.8) is 0 Å². The van der Waals surface area contributed by atoms with E-state index in [1.165, 1.54) is 23.9 Å². The number of aromatic hydroxyl groups is 1. The van der Waals surface area contributed by atoms with Crippen molar-refractivity contribution in [3.05, 3.63) is 77.9 Å². The minimum atomic E-state index is -2.08. The fraction of sp³-hybridized carbons (Fsp3) is 0.441. The lowest BCUT2D eigenvalue weighted by molar-refractivity contribution is -0.225. The van der Waals surface area contributed by atoms with E-state index in [0.29, 0.717) is 24.8 Å². The lowest BCUT2D eigenvalue weighted by Crippen LogP contribution is -2.69. The van der Waals surface area contributed by atoms with Crippen LogP contribution in [-0.2, 0) is 19.1 Å². The first-order valence-electron chi connectivity index (χ1n) is 14.9. The van der Waals surface area contributed by atoms with Gasteiger partial charge in [-0.25, -0.2) is 14.0 Å². The summed E-state index contributed by atoms with van der Waals surface area (Å²) in [6, 6.07) is 13.5. The van der Waals surface area contributed by atoms with Crippen LogP contribution in [0, 0.1) is 22.7 Å². The van der Waals surface area contributed by atoms with Crippen molar-refractivity contribution in [1.29, 1.82) is 0 Å². The minimum Gasteiger partial charge on any atom is -0.508 e. The van der Waals surface area contributed by atoms with Gasteiger partial charge in [-0.15, -0.1) is 0 Å². The summed E-state index contributed by atoms with van der Waals surface area (Å²) < 4.78 is 28.9. The molecule has 0 spiro atoms. The molecule has 10 heteroatoms. The number of carbonyl (C=O) groups is 3. The van der Waals surface area contributed by atoms with Gasteiger partial charge >= 0.3 is 11.9 Å². The van der Waals surface area contributed by atoms with E-state index in [1.807, 2.05) is 6.07 Å². The van der Waals surface area contributed by atoms with E-state index >= 15 is 4.39 Å². The predicted octanol–water partition coefficient (Wildman–Crippen LogP) is 5.27. The molecule has 0 saturated heterocycles. The van der Waals surface area contributed by atoms with Crippen LogP contribution in [0.1, 0.15) is 56.3 Å². The van der Waals surface area contributed by atoms with Gasteiger partial charge in [-0.3, -0.25) is 10.5 Å². The van der Waals surface area contributed by atoms with Gasteiger partial charge in [0.05, 0.1) is 11.7 Å². The molecule has 4 N–H and O–H groups in total. The highest BCUT2D eigenvalue weighted by molar-refractivity contribution is 7.99. The van der Waals surface area contributed by atoms with Gasteiger partial charge < -0.3 is 19.7 Å². The van der Waals surface area contributed by atoms with Crippen LogP contribution in [0.15, 0.2) is 82.1 Å². The molecule has 4 aliphatic carbocycles. The monoisotopic (exact) mass is 621 g/mol. The van der Waals surface area contributed by atoms with Gasteiger partial charge in [-0.05, 0) is 99.6 Å². The number of alkyl halides is 1. The summed E-state index contributed by atoms with van der Waals surface area (Å²) in [5.74, 6) is -2.67. The number of halogens is 1. The molecule has 0 unspecified atom stereocenters. The van der Waals surface area contributed by atoms with Crippen molar-refractivity contribution in [1.82, 2.24) is 0 Å². The van der Waals surface area contributed by atoms with Gasteiger partial charge in [0.1, 0.15) is 12.5 Å². The third kappa shape index (κ3) is 4.44. The molecule has 2 aromatic rings. The molecule has 3 fully saturated rings. The second kappa shape index (κ2) is 10.9. The second-order valence-corrected chi connectivity index (χ2v) is 13.9. The molecule has 0 heterocycles. The average molecular weight is 622 g/mol. The summed E-state index contributed by atoms with van der Waals surface area (Å²) in [6.45, 7) is 3.08. The van der Waals surface area contributed by atoms with Gasteiger partial charge in [-0.2, -0.15) is 0 Å². The zero-order valence-corrected chi connectivity index (χ0v) is 25.4.